The van der Waals surface area contributed by atoms with E-state index in [1.807, 2.05) is 6.92 Å². The second-order valence-corrected chi connectivity index (χ2v) is 5.44. The molecule has 2 saturated heterocycles. The van der Waals surface area contributed by atoms with E-state index in [4.69, 9.17) is 4.74 Å². The molecule has 2 N–H and O–H groups in total. The summed E-state index contributed by atoms with van der Waals surface area (Å²) < 4.78 is 5.48. The minimum Gasteiger partial charge on any atom is -0.375 e. The highest BCUT2D eigenvalue weighted by atomic mass is 35.5. The number of rotatable bonds is 4. The van der Waals surface area contributed by atoms with Crippen molar-refractivity contribution in [2.75, 3.05) is 59.5 Å². The van der Waals surface area contributed by atoms with Crippen molar-refractivity contribution in [1.29, 1.82) is 0 Å². The Morgan fingerprint density at radius 1 is 1.23 bits per heavy atom. The number of amides is 1. The topological polar surface area (TPSA) is 56.8 Å². The summed E-state index contributed by atoms with van der Waals surface area (Å²) in [6.07, 6.45) is -0.0441. The van der Waals surface area contributed by atoms with Gasteiger partial charge >= 0.3 is 0 Å². The van der Waals surface area contributed by atoms with Crippen LogP contribution in [0, 0.1) is 0 Å². The van der Waals surface area contributed by atoms with Crippen LogP contribution in [0.2, 0.25) is 0 Å². The first-order chi connectivity index (χ1) is 9.16. The Hall–Kier alpha value is 0.180. The smallest absolute Gasteiger partial charge is 0.239 e. The molecule has 2 atom stereocenters. The van der Waals surface area contributed by atoms with Gasteiger partial charge < -0.3 is 20.3 Å². The molecule has 0 saturated carbocycles. The van der Waals surface area contributed by atoms with Gasteiger partial charge in [0.25, 0.3) is 0 Å². The quantitative estimate of drug-likeness (QED) is 0.720. The number of likely N-dealkylation sites (N-methyl/N-ethyl adjacent to an activating group) is 1. The van der Waals surface area contributed by atoms with Crippen molar-refractivity contribution in [3.05, 3.63) is 0 Å². The van der Waals surface area contributed by atoms with Crippen LogP contribution >= 0.6 is 37.2 Å². The number of nitrogens with zero attached hydrogens (tertiary/aromatic N) is 2. The predicted molar refractivity (Wildman–Crippen MR) is 95.9 cm³/mol. The van der Waals surface area contributed by atoms with E-state index in [2.05, 4.69) is 27.5 Å². The van der Waals surface area contributed by atoms with Crippen LogP contribution in [0.1, 0.15) is 6.92 Å². The number of nitrogens with one attached hydrogen (secondary N) is 2. The van der Waals surface area contributed by atoms with Crippen molar-refractivity contribution in [2.45, 2.75) is 19.1 Å². The molecule has 2 aliphatic rings. The molecule has 0 bridgehead atoms. The van der Waals surface area contributed by atoms with Gasteiger partial charge in [0, 0.05) is 45.8 Å². The predicted octanol–water partition coefficient (Wildman–Crippen LogP) is -0.00770. The van der Waals surface area contributed by atoms with Crippen LogP contribution in [0.4, 0.5) is 0 Å². The number of carbonyl (C=O) groups excluding carboxylic acids is 1. The van der Waals surface area contributed by atoms with E-state index >= 15 is 0 Å². The molecule has 0 aliphatic carbocycles. The molecule has 0 spiro atoms. The second kappa shape index (κ2) is 12.6. The Balaban J connectivity index is 0. The lowest BCUT2D eigenvalue weighted by Crippen LogP contribution is -2.56. The molecule has 6 nitrogen and oxygen atoms in total. The maximum atomic E-state index is 12.0. The van der Waals surface area contributed by atoms with Gasteiger partial charge in [-0.1, -0.05) is 0 Å². The number of piperazine rings is 1. The monoisotopic (exact) mass is 378 g/mol. The third-order valence-electron chi connectivity index (χ3n) is 3.92. The van der Waals surface area contributed by atoms with Crippen LogP contribution in [0.25, 0.3) is 0 Å². The summed E-state index contributed by atoms with van der Waals surface area (Å²) >= 11 is 0. The molecular formula is C13H29Cl3N4O2. The molecule has 134 valence electrons. The average molecular weight is 380 g/mol. The number of halogens is 3. The molecule has 22 heavy (non-hydrogen) atoms. The first kappa shape index (κ1) is 24.4. The Labute approximate surface area is 151 Å². The van der Waals surface area contributed by atoms with Gasteiger partial charge in [0.1, 0.15) is 6.04 Å². The van der Waals surface area contributed by atoms with E-state index in [1.54, 1.807) is 0 Å². The first-order valence-electron chi connectivity index (χ1n) is 7.20. The third kappa shape index (κ3) is 7.64. The SMILES string of the molecule is C[C@H]1OCCN[C@@H]1C(=O)NCCN1CCN(C)CC1.Cl.Cl.Cl. The van der Waals surface area contributed by atoms with Crippen LogP contribution in [-0.4, -0.2) is 87.3 Å². The summed E-state index contributed by atoms with van der Waals surface area (Å²) in [5.74, 6) is 0.0568. The largest absolute Gasteiger partial charge is 0.375 e. The maximum Gasteiger partial charge on any atom is 0.239 e. The van der Waals surface area contributed by atoms with Crippen LogP contribution < -0.4 is 10.6 Å². The van der Waals surface area contributed by atoms with Gasteiger partial charge in [-0.05, 0) is 14.0 Å². The number of ether oxygens (including phenoxy) is 1. The van der Waals surface area contributed by atoms with Gasteiger partial charge in [-0.3, -0.25) is 9.69 Å². The molecule has 2 aliphatic heterocycles. The third-order valence-corrected chi connectivity index (χ3v) is 3.92. The van der Waals surface area contributed by atoms with Crippen molar-refractivity contribution >= 4 is 43.1 Å². The maximum absolute atomic E-state index is 12.0. The zero-order valence-corrected chi connectivity index (χ0v) is 15.7. The van der Waals surface area contributed by atoms with E-state index in [0.29, 0.717) is 13.2 Å². The number of hydrogen-bond acceptors (Lipinski definition) is 5. The van der Waals surface area contributed by atoms with Crippen LogP contribution in [0.3, 0.4) is 0 Å². The Morgan fingerprint density at radius 2 is 1.86 bits per heavy atom. The lowest BCUT2D eigenvalue weighted by Gasteiger charge is -2.33. The summed E-state index contributed by atoms with van der Waals surface area (Å²) in [5, 5.41) is 6.21. The fourth-order valence-electron chi connectivity index (χ4n) is 2.55. The highest BCUT2D eigenvalue weighted by molar-refractivity contribution is 5.86. The van der Waals surface area contributed by atoms with Gasteiger partial charge in [0.15, 0.2) is 0 Å². The summed E-state index contributed by atoms with van der Waals surface area (Å²) in [6, 6.07) is -0.207. The molecular weight excluding hydrogens is 351 g/mol. The van der Waals surface area contributed by atoms with Gasteiger partial charge in [0.2, 0.25) is 5.91 Å². The number of carbonyl (C=O) groups is 1. The van der Waals surface area contributed by atoms with Crippen LogP contribution in [0.15, 0.2) is 0 Å². The summed E-state index contributed by atoms with van der Waals surface area (Å²) in [6.45, 7) is 9.44. The molecule has 0 aromatic carbocycles. The standard InChI is InChI=1S/C13H26N4O2.3ClH/c1-11-12(14-4-10-19-11)13(18)15-3-5-17-8-6-16(2)7-9-17;;;/h11-12,14H,3-10H2,1-2H3,(H,15,18);3*1H/t11-,12+;;;/m1.../s1. The zero-order chi connectivity index (χ0) is 13.7. The Morgan fingerprint density at radius 3 is 2.45 bits per heavy atom. The molecule has 0 aromatic heterocycles. The van der Waals surface area contributed by atoms with Gasteiger partial charge in [-0.15, -0.1) is 37.2 Å². The van der Waals surface area contributed by atoms with Crippen molar-refractivity contribution < 1.29 is 9.53 Å². The Kier molecular flexibility index (Phi) is 14.0. The van der Waals surface area contributed by atoms with Gasteiger partial charge in [-0.25, -0.2) is 0 Å². The lowest BCUT2D eigenvalue weighted by molar-refractivity contribution is -0.129. The minimum absolute atomic E-state index is 0. The molecule has 2 fully saturated rings. The number of hydrogen-bond donors (Lipinski definition) is 2. The Bertz CT molecular complexity index is 305. The van der Waals surface area contributed by atoms with E-state index in [1.165, 1.54) is 0 Å². The average Bonchev–Trinajstić information content (AvgIpc) is 2.41. The van der Waals surface area contributed by atoms with Crippen molar-refractivity contribution in [3.63, 3.8) is 0 Å². The van der Waals surface area contributed by atoms with E-state index in [-0.39, 0.29) is 55.3 Å². The first-order valence-corrected chi connectivity index (χ1v) is 7.20. The van der Waals surface area contributed by atoms with E-state index in [0.717, 1.165) is 39.3 Å². The van der Waals surface area contributed by atoms with Crippen molar-refractivity contribution in [3.8, 4) is 0 Å². The molecule has 9 heteroatoms. The molecule has 2 heterocycles. The summed E-state index contributed by atoms with van der Waals surface area (Å²) in [5.41, 5.74) is 0. The number of morpholine rings is 1. The normalized spacial score (nSPS) is 26.1. The van der Waals surface area contributed by atoms with Crippen LogP contribution in [0.5, 0.6) is 0 Å². The van der Waals surface area contributed by atoms with Crippen molar-refractivity contribution in [1.82, 2.24) is 20.4 Å². The fraction of sp³-hybridized carbons (Fsp3) is 0.923. The van der Waals surface area contributed by atoms with E-state index < -0.39 is 0 Å². The summed E-state index contributed by atoms with van der Waals surface area (Å²) in [7, 11) is 2.15. The second-order valence-electron chi connectivity index (χ2n) is 5.44. The molecule has 0 aromatic rings. The molecule has 0 unspecified atom stereocenters. The van der Waals surface area contributed by atoms with E-state index in [9.17, 15) is 4.79 Å². The highest BCUT2D eigenvalue weighted by Gasteiger charge is 2.27. The minimum atomic E-state index is -0.207. The fourth-order valence-corrected chi connectivity index (χ4v) is 2.55. The van der Waals surface area contributed by atoms with Crippen molar-refractivity contribution in [2.24, 2.45) is 0 Å². The molecule has 1 amide bonds. The summed E-state index contributed by atoms with van der Waals surface area (Å²) in [4.78, 5) is 16.8. The van der Waals surface area contributed by atoms with Crippen LogP contribution in [-0.2, 0) is 9.53 Å². The van der Waals surface area contributed by atoms with Gasteiger partial charge in [0.05, 0.1) is 12.7 Å². The zero-order valence-electron chi connectivity index (χ0n) is 13.2. The highest BCUT2D eigenvalue weighted by Crippen LogP contribution is 2.04. The molecule has 2 rings (SSSR count). The lowest BCUT2D eigenvalue weighted by atomic mass is 10.1. The van der Waals surface area contributed by atoms with Gasteiger partial charge in [-0.2, -0.15) is 0 Å². The molecule has 0 radical (unpaired) electrons.